The number of anilines is 1. The fraction of sp³-hybridized carbons (Fsp3) is 0. The molecule has 0 unspecified atom stereocenters. The molecular weight excluding hydrogens is 268 g/mol. The Kier molecular flexibility index (Phi) is 4.04. The van der Waals surface area contributed by atoms with E-state index in [4.69, 9.17) is 11.6 Å². The van der Waals surface area contributed by atoms with E-state index in [0.29, 0.717) is 10.8 Å². The number of pyridine rings is 1. The highest BCUT2D eigenvalue weighted by Gasteiger charge is 2.04. The average Bonchev–Trinajstić information content (AvgIpc) is 2.39. The monoisotopic (exact) mass is 276 g/mol. The first-order valence-electron chi connectivity index (χ1n) is 5.30. The van der Waals surface area contributed by atoms with Gasteiger partial charge in [-0.1, -0.05) is 23.7 Å². The van der Waals surface area contributed by atoms with Gasteiger partial charge in [-0.05, 0) is 23.8 Å². The second-order valence-electron chi connectivity index (χ2n) is 3.58. The lowest BCUT2D eigenvalue weighted by atomic mass is 10.2. The van der Waals surface area contributed by atoms with Crippen molar-refractivity contribution in [1.82, 2.24) is 4.98 Å². The molecule has 96 valence electrons. The third kappa shape index (κ3) is 3.75. The Balaban J connectivity index is 2.00. The van der Waals surface area contributed by atoms with Crippen molar-refractivity contribution in [2.24, 2.45) is 5.10 Å². The van der Waals surface area contributed by atoms with Crippen molar-refractivity contribution in [2.45, 2.75) is 0 Å². The Labute approximate surface area is 113 Å². The first-order valence-corrected chi connectivity index (χ1v) is 5.68. The van der Waals surface area contributed by atoms with Gasteiger partial charge in [0.25, 0.3) is 5.69 Å². The summed E-state index contributed by atoms with van der Waals surface area (Å²) in [5, 5.41) is 15.0. The van der Waals surface area contributed by atoms with Gasteiger partial charge in [-0.15, -0.1) is 0 Å². The Bertz CT molecular complexity index is 613. The van der Waals surface area contributed by atoms with Crippen molar-refractivity contribution in [3.05, 3.63) is 63.3 Å². The van der Waals surface area contributed by atoms with Crippen LogP contribution in [0.25, 0.3) is 0 Å². The highest BCUT2D eigenvalue weighted by molar-refractivity contribution is 6.30. The topological polar surface area (TPSA) is 80.4 Å². The minimum absolute atomic E-state index is 0.0654. The van der Waals surface area contributed by atoms with Gasteiger partial charge in [0.2, 0.25) is 0 Å². The van der Waals surface area contributed by atoms with Crippen molar-refractivity contribution in [2.75, 3.05) is 5.43 Å². The Morgan fingerprint density at radius 2 is 2.21 bits per heavy atom. The van der Waals surface area contributed by atoms with Gasteiger partial charge in [0.1, 0.15) is 12.0 Å². The van der Waals surface area contributed by atoms with Crippen LogP contribution in [0.3, 0.4) is 0 Å². The second-order valence-corrected chi connectivity index (χ2v) is 4.02. The van der Waals surface area contributed by atoms with Crippen LogP contribution in [0.5, 0.6) is 0 Å². The molecule has 19 heavy (non-hydrogen) atoms. The zero-order valence-corrected chi connectivity index (χ0v) is 10.4. The van der Waals surface area contributed by atoms with Gasteiger partial charge in [-0.3, -0.25) is 15.5 Å². The lowest BCUT2D eigenvalue weighted by Crippen LogP contribution is -1.95. The molecule has 0 bridgehead atoms. The summed E-state index contributed by atoms with van der Waals surface area (Å²) < 4.78 is 0. The standard InChI is InChI=1S/C12H9ClN4O2/c13-10-3-1-2-9(6-10)7-15-16-12-5-4-11(8-14-12)17(18)19/h1-8H,(H,14,16)/b15-7+. The lowest BCUT2D eigenvalue weighted by Gasteiger charge is -1.98. The third-order valence-corrected chi connectivity index (χ3v) is 2.44. The summed E-state index contributed by atoms with van der Waals surface area (Å²) in [7, 11) is 0. The largest absolute Gasteiger partial charge is 0.287 e. The maximum absolute atomic E-state index is 10.4. The number of nitrogens with zero attached hydrogens (tertiary/aromatic N) is 3. The highest BCUT2D eigenvalue weighted by Crippen LogP contribution is 2.12. The summed E-state index contributed by atoms with van der Waals surface area (Å²) in [6.07, 6.45) is 2.74. The normalized spacial score (nSPS) is 10.6. The summed E-state index contributed by atoms with van der Waals surface area (Å²) in [5.74, 6) is 0.420. The summed E-state index contributed by atoms with van der Waals surface area (Å²) in [5.41, 5.74) is 3.44. The molecule has 1 heterocycles. The van der Waals surface area contributed by atoms with Gasteiger partial charge < -0.3 is 0 Å². The number of hydrogen-bond acceptors (Lipinski definition) is 5. The first kappa shape index (κ1) is 13.0. The molecule has 0 aliphatic carbocycles. The molecule has 0 aliphatic rings. The van der Waals surface area contributed by atoms with Crippen LogP contribution in [-0.2, 0) is 0 Å². The van der Waals surface area contributed by atoms with Crippen molar-refractivity contribution < 1.29 is 4.92 Å². The van der Waals surface area contributed by atoms with Crippen molar-refractivity contribution in [3.8, 4) is 0 Å². The number of hydrogen-bond donors (Lipinski definition) is 1. The minimum atomic E-state index is -0.508. The number of halogens is 1. The molecule has 1 aromatic heterocycles. The molecule has 0 aliphatic heterocycles. The van der Waals surface area contributed by atoms with E-state index in [1.807, 2.05) is 12.1 Å². The van der Waals surface area contributed by atoms with E-state index < -0.39 is 4.92 Å². The number of rotatable bonds is 4. The molecule has 0 fully saturated rings. The highest BCUT2D eigenvalue weighted by atomic mass is 35.5. The second kappa shape index (κ2) is 5.92. The van der Waals surface area contributed by atoms with E-state index in [9.17, 15) is 10.1 Å². The van der Waals surface area contributed by atoms with Crippen LogP contribution in [0.1, 0.15) is 5.56 Å². The Hall–Kier alpha value is -2.47. The van der Waals surface area contributed by atoms with Crippen LogP contribution < -0.4 is 5.43 Å². The van der Waals surface area contributed by atoms with Crippen molar-refractivity contribution in [3.63, 3.8) is 0 Å². The average molecular weight is 277 g/mol. The Morgan fingerprint density at radius 1 is 1.37 bits per heavy atom. The van der Waals surface area contributed by atoms with E-state index in [1.165, 1.54) is 12.1 Å². The van der Waals surface area contributed by atoms with E-state index >= 15 is 0 Å². The summed E-state index contributed by atoms with van der Waals surface area (Å²) in [4.78, 5) is 13.8. The lowest BCUT2D eigenvalue weighted by molar-refractivity contribution is -0.385. The molecule has 0 radical (unpaired) electrons. The number of hydrazone groups is 1. The summed E-state index contributed by atoms with van der Waals surface area (Å²) in [6, 6.07) is 10.0. The van der Waals surface area contributed by atoms with Crippen molar-refractivity contribution in [1.29, 1.82) is 0 Å². The van der Waals surface area contributed by atoms with Gasteiger partial charge in [0.05, 0.1) is 11.1 Å². The smallest absolute Gasteiger partial charge is 0.261 e. The molecule has 0 amide bonds. The maximum atomic E-state index is 10.4. The van der Waals surface area contributed by atoms with Crippen LogP contribution in [0.4, 0.5) is 11.5 Å². The number of benzene rings is 1. The quantitative estimate of drug-likeness (QED) is 0.528. The molecule has 2 rings (SSSR count). The number of nitrogens with one attached hydrogen (secondary N) is 1. The molecule has 7 heteroatoms. The summed E-state index contributed by atoms with van der Waals surface area (Å²) >= 11 is 5.83. The molecule has 0 saturated carbocycles. The predicted molar refractivity (Wildman–Crippen MR) is 73.6 cm³/mol. The minimum Gasteiger partial charge on any atom is -0.261 e. The van der Waals surface area contributed by atoms with Crippen LogP contribution in [0.15, 0.2) is 47.7 Å². The molecule has 1 aromatic carbocycles. The molecule has 0 atom stereocenters. The third-order valence-electron chi connectivity index (χ3n) is 2.20. The molecule has 0 spiro atoms. The SMILES string of the molecule is O=[N+]([O-])c1ccc(N/N=C/c2cccc(Cl)c2)nc1. The Morgan fingerprint density at radius 3 is 2.84 bits per heavy atom. The van der Waals surface area contributed by atoms with Gasteiger partial charge in [0, 0.05) is 11.1 Å². The predicted octanol–water partition coefficient (Wildman–Crippen LogP) is 3.09. The fourth-order valence-corrected chi connectivity index (χ4v) is 1.52. The van der Waals surface area contributed by atoms with E-state index in [2.05, 4.69) is 15.5 Å². The number of aromatic nitrogens is 1. The molecule has 6 nitrogen and oxygen atoms in total. The van der Waals surface area contributed by atoms with E-state index in [1.54, 1.807) is 18.3 Å². The van der Waals surface area contributed by atoms with E-state index in [-0.39, 0.29) is 5.69 Å². The molecule has 2 aromatic rings. The van der Waals surface area contributed by atoms with Gasteiger partial charge in [0.15, 0.2) is 0 Å². The zero-order valence-electron chi connectivity index (χ0n) is 9.65. The molecule has 1 N–H and O–H groups in total. The number of nitro groups is 1. The van der Waals surface area contributed by atoms with Gasteiger partial charge >= 0.3 is 0 Å². The van der Waals surface area contributed by atoms with E-state index in [0.717, 1.165) is 11.8 Å². The van der Waals surface area contributed by atoms with Crippen LogP contribution in [-0.4, -0.2) is 16.1 Å². The van der Waals surface area contributed by atoms with Crippen LogP contribution in [0.2, 0.25) is 5.02 Å². The van der Waals surface area contributed by atoms with Gasteiger partial charge in [-0.2, -0.15) is 5.10 Å². The van der Waals surface area contributed by atoms with Crippen molar-refractivity contribution >= 4 is 29.3 Å². The molecule has 0 saturated heterocycles. The molecular formula is C12H9ClN4O2. The van der Waals surface area contributed by atoms with Gasteiger partial charge in [-0.25, -0.2) is 4.98 Å². The summed E-state index contributed by atoms with van der Waals surface area (Å²) in [6.45, 7) is 0. The van der Waals surface area contributed by atoms with Crippen LogP contribution in [0, 0.1) is 10.1 Å². The fourth-order valence-electron chi connectivity index (χ4n) is 1.32. The zero-order chi connectivity index (χ0) is 13.7. The maximum Gasteiger partial charge on any atom is 0.287 e. The first-order chi connectivity index (χ1) is 9.15. The van der Waals surface area contributed by atoms with Crippen LogP contribution >= 0.6 is 11.6 Å².